The molecule has 0 N–H and O–H groups in total. The summed E-state index contributed by atoms with van der Waals surface area (Å²) in [7, 11) is 0. The lowest BCUT2D eigenvalue weighted by molar-refractivity contribution is -0.132. The summed E-state index contributed by atoms with van der Waals surface area (Å²) in [4.78, 5) is 15.5. The number of nitrogens with zero attached hydrogens (tertiary/aromatic N) is 1. The predicted molar refractivity (Wildman–Crippen MR) is 81.9 cm³/mol. The number of benzene rings is 1. The highest BCUT2D eigenvalue weighted by atomic mass is 35.5. The Morgan fingerprint density at radius 3 is 2.63 bits per heavy atom. The minimum Gasteiger partial charge on any atom is -0.339 e. The van der Waals surface area contributed by atoms with Gasteiger partial charge in [-0.3, -0.25) is 4.79 Å². The zero-order valence-corrected chi connectivity index (χ0v) is 12.6. The van der Waals surface area contributed by atoms with Crippen molar-refractivity contribution >= 4 is 29.3 Å². The van der Waals surface area contributed by atoms with E-state index < -0.39 is 0 Å². The van der Waals surface area contributed by atoms with Crippen molar-refractivity contribution in [1.29, 1.82) is 0 Å². The average Bonchev–Trinajstić information content (AvgIpc) is 2.39. The summed E-state index contributed by atoms with van der Waals surface area (Å²) in [6, 6.07) is 10.6. The van der Waals surface area contributed by atoms with Gasteiger partial charge >= 0.3 is 0 Å². The number of carbonyl (C=O) groups excluding carboxylic acids is 1. The van der Waals surface area contributed by atoms with Crippen LogP contribution in [-0.2, 0) is 4.79 Å². The highest BCUT2D eigenvalue weighted by molar-refractivity contribution is 8.00. The molecule has 4 heteroatoms. The molecule has 0 radical (unpaired) electrons. The number of thioether (sulfide) groups is 1. The summed E-state index contributed by atoms with van der Waals surface area (Å²) in [5, 5.41) is 0. The van der Waals surface area contributed by atoms with Gasteiger partial charge in [0.05, 0.1) is 5.75 Å². The van der Waals surface area contributed by atoms with Crippen LogP contribution in [0.3, 0.4) is 0 Å². The zero-order chi connectivity index (χ0) is 13.5. The Hall–Kier alpha value is -0.670. The van der Waals surface area contributed by atoms with E-state index >= 15 is 0 Å². The number of alkyl halides is 1. The van der Waals surface area contributed by atoms with E-state index in [-0.39, 0.29) is 5.91 Å². The lowest BCUT2D eigenvalue weighted by Crippen LogP contribution is -2.45. The summed E-state index contributed by atoms with van der Waals surface area (Å²) < 4.78 is 0. The Morgan fingerprint density at radius 2 is 2.05 bits per heavy atom. The molecule has 0 aliphatic heterocycles. The van der Waals surface area contributed by atoms with Gasteiger partial charge in [0.15, 0.2) is 0 Å². The standard InChI is InChI=1S/C15H20ClNOS/c16-10-5-11-17(13-6-4-7-13)15(18)12-19-14-8-2-1-3-9-14/h1-3,8-9,13H,4-7,10-12H2. The van der Waals surface area contributed by atoms with Crippen molar-refractivity contribution in [2.45, 2.75) is 36.6 Å². The maximum Gasteiger partial charge on any atom is 0.233 e. The van der Waals surface area contributed by atoms with Crippen LogP contribution in [0.4, 0.5) is 0 Å². The zero-order valence-electron chi connectivity index (χ0n) is 11.1. The molecule has 1 saturated carbocycles. The quantitative estimate of drug-likeness (QED) is 0.564. The third-order valence-electron chi connectivity index (χ3n) is 3.47. The number of hydrogen-bond donors (Lipinski definition) is 0. The van der Waals surface area contributed by atoms with Crippen LogP contribution in [0.1, 0.15) is 25.7 Å². The molecule has 104 valence electrons. The first-order chi connectivity index (χ1) is 9.31. The normalized spacial score (nSPS) is 15.0. The maximum atomic E-state index is 12.3. The summed E-state index contributed by atoms with van der Waals surface area (Å²) in [6.07, 6.45) is 4.45. The molecule has 1 fully saturated rings. The average molecular weight is 298 g/mol. The molecular weight excluding hydrogens is 278 g/mol. The number of hydrogen-bond acceptors (Lipinski definition) is 2. The van der Waals surface area contributed by atoms with Gasteiger partial charge in [-0.1, -0.05) is 18.2 Å². The Balaban J connectivity index is 1.84. The van der Waals surface area contributed by atoms with E-state index in [2.05, 4.69) is 0 Å². The third-order valence-corrected chi connectivity index (χ3v) is 4.74. The molecule has 1 aromatic rings. The SMILES string of the molecule is O=C(CSc1ccccc1)N(CCCCl)C1CCC1. The van der Waals surface area contributed by atoms with Crippen LogP contribution in [0.15, 0.2) is 35.2 Å². The van der Waals surface area contributed by atoms with E-state index in [1.807, 2.05) is 35.2 Å². The molecule has 0 heterocycles. The molecular formula is C15H20ClNOS. The lowest BCUT2D eigenvalue weighted by Gasteiger charge is -2.37. The molecule has 19 heavy (non-hydrogen) atoms. The van der Waals surface area contributed by atoms with E-state index in [1.165, 1.54) is 6.42 Å². The smallest absolute Gasteiger partial charge is 0.233 e. The molecule has 1 aliphatic carbocycles. The van der Waals surface area contributed by atoms with Crippen molar-refractivity contribution in [2.75, 3.05) is 18.2 Å². The summed E-state index contributed by atoms with van der Waals surface area (Å²) >= 11 is 7.36. The molecule has 1 aromatic carbocycles. The molecule has 0 atom stereocenters. The van der Waals surface area contributed by atoms with Crippen molar-refractivity contribution in [2.24, 2.45) is 0 Å². The molecule has 0 spiro atoms. The number of halogens is 1. The Morgan fingerprint density at radius 1 is 1.32 bits per heavy atom. The van der Waals surface area contributed by atoms with Gasteiger partial charge in [0.2, 0.25) is 5.91 Å². The monoisotopic (exact) mass is 297 g/mol. The van der Waals surface area contributed by atoms with Crippen LogP contribution in [0.2, 0.25) is 0 Å². The van der Waals surface area contributed by atoms with Gasteiger partial charge in [0, 0.05) is 23.4 Å². The first-order valence-electron chi connectivity index (χ1n) is 6.84. The van der Waals surface area contributed by atoms with Crippen molar-refractivity contribution < 1.29 is 4.79 Å². The van der Waals surface area contributed by atoms with Gasteiger partial charge in [-0.2, -0.15) is 0 Å². The van der Waals surface area contributed by atoms with Crippen molar-refractivity contribution in [3.63, 3.8) is 0 Å². The second kappa shape index (κ2) is 7.81. The van der Waals surface area contributed by atoms with Gasteiger partial charge in [0.1, 0.15) is 0 Å². The Labute approximate surface area is 124 Å². The second-order valence-electron chi connectivity index (χ2n) is 4.82. The fourth-order valence-electron chi connectivity index (χ4n) is 2.18. The van der Waals surface area contributed by atoms with Crippen molar-refractivity contribution in [1.82, 2.24) is 4.90 Å². The van der Waals surface area contributed by atoms with Crippen LogP contribution in [-0.4, -0.2) is 35.0 Å². The molecule has 0 bridgehead atoms. The number of carbonyl (C=O) groups is 1. The van der Waals surface area contributed by atoms with Gasteiger partial charge in [-0.05, 0) is 37.8 Å². The molecule has 0 unspecified atom stereocenters. The van der Waals surface area contributed by atoms with Crippen LogP contribution in [0, 0.1) is 0 Å². The molecule has 1 aliphatic rings. The second-order valence-corrected chi connectivity index (χ2v) is 6.24. The molecule has 1 amide bonds. The molecule has 2 nitrogen and oxygen atoms in total. The van der Waals surface area contributed by atoms with Crippen LogP contribution in [0.25, 0.3) is 0 Å². The summed E-state index contributed by atoms with van der Waals surface area (Å²) in [6.45, 7) is 0.808. The van der Waals surface area contributed by atoms with E-state index in [0.717, 1.165) is 30.7 Å². The molecule has 0 saturated heterocycles. The largest absolute Gasteiger partial charge is 0.339 e. The van der Waals surface area contributed by atoms with Gasteiger partial charge < -0.3 is 4.90 Å². The number of rotatable bonds is 7. The minimum atomic E-state index is 0.253. The van der Waals surface area contributed by atoms with Crippen LogP contribution >= 0.6 is 23.4 Å². The summed E-state index contributed by atoms with van der Waals surface area (Å²) in [5.74, 6) is 1.41. The van der Waals surface area contributed by atoms with E-state index in [1.54, 1.807) is 11.8 Å². The first kappa shape index (κ1) is 14.7. The Kier molecular flexibility index (Phi) is 6.05. The molecule has 2 rings (SSSR count). The lowest BCUT2D eigenvalue weighted by atomic mass is 9.91. The van der Waals surface area contributed by atoms with Crippen LogP contribution < -0.4 is 0 Å². The maximum absolute atomic E-state index is 12.3. The Bertz CT molecular complexity index is 394. The number of amides is 1. The van der Waals surface area contributed by atoms with E-state index in [4.69, 9.17) is 11.6 Å². The third kappa shape index (κ3) is 4.43. The first-order valence-corrected chi connectivity index (χ1v) is 8.36. The van der Waals surface area contributed by atoms with Crippen molar-refractivity contribution in [3.05, 3.63) is 30.3 Å². The van der Waals surface area contributed by atoms with Gasteiger partial charge in [-0.25, -0.2) is 0 Å². The van der Waals surface area contributed by atoms with E-state index in [9.17, 15) is 4.79 Å². The van der Waals surface area contributed by atoms with E-state index in [0.29, 0.717) is 17.7 Å². The van der Waals surface area contributed by atoms with Crippen LogP contribution in [0.5, 0.6) is 0 Å². The van der Waals surface area contributed by atoms with Gasteiger partial charge in [-0.15, -0.1) is 23.4 Å². The minimum absolute atomic E-state index is 0.253. The highest BCUT2D eigenvalue weighted by Gasteiger charge is 2.27. The highest BCUT2D eigenvalue weighted by Crippen LogP contribution is 2.26. The predicted octanol–water partition coefficient (Wildman–Crippen LogP) is 3.79. The molecule has 0 aromatic heterocycles. The van der Waals surface area contributed by atoms with Crippen molar-refractivity contribution in [3.8, 4) is 0 Å². The summed E-state index contributed by atoms with van der Waals surface area (Å²) in [5.41, 5.74) is 0. The van der Waals surface area contributed by atoms with Gasteiger partial charge in [0.25, 0.3) is 0 Å². The fourth-order valence-corrected chi connectivity index (χ4v) is 3.11. The fraction of sp³-hybridized carbons (Fsp3) is 0.533. The topological polar surface area (TPSA) is 20.3 Å².